The van der Waals surface area contributed by atoms with Gasteiger partial charge in [0.1, 0.15) is 0 Å². The first-order chi connectivity index (χ1) is 7.76. The van der Waals surface area contributed by atoms with Gasteiger partial charge < -0.3 is 5.11 Å². The molecule has 0 saturated heterocycles. The molecule has 1 aromatic rings. The zero-order valence-corrected chi connectivity index (χ0v) is 11.0. The normalized spacial score (nSPS) is 13.6. The Hall–Kier alpha value is -1.07. The molecular formula is C11H13ClO4S. The molecule has 17 heavy (non-hydrogen) atoms. The number of carboxylic acids is 1. The summed E-state index contributed by atoms with van der Waals surface area (Å²) < 4.78 is 24.3. The van der Waals surface area contributed by atoms with Crippen molar-refractivity contribution in [2.24, 2.45) is 5.92 Å². The second-order valence-corrected chi connectivity index (χ2v) is 6.51. The molecule has 94 valence electrons. The summed E-state index contributed by atoms with van der Waals surface area (Å²) in [6.45, 7) is 3.11. The number of benzene rings is 1. The Balaban J connectivity index is 3.31. The van der Waals surface area contributed by atoms with E-state index in [0.717, 1.165) is 0 Å². The third-order valence-corrected chi connectivity index (χ3v) is 4.87. The van der Waals surface area contributed by atoms with Crippen LogP contribution in [0.25, 0.3) is 0 Å². The van der Waals surface area contributed by atoms with E-state index >= 15 is 0 Å². The van der Waals surface area contributed by atoms with E-state index in [9.17, 15) is 13.2 Å². The highest BCUT2D eigenvalue weighted by molar-refractivity contribution is 7.92. The van der Waals surface area contributed by atoms with Gasteiger partial charge in [-0.25, -0.2) is 8.42 Å². The summed E-state index contributed by atoms with van der Waals surface area (Å²) in [6, 6.07) is 5.62. The Morgan fingerprint density at radius 2 is 1.94 bits per heavy atom. The van der Waals surface area contributed by atoms with Gasteiger partial charge in [0, 0.05) is 5.02 Å². The van der Waals surface area contributed by atoms with E-state index in [1.165, 1.54) is 24.3 Å². The van der Waals surface area contributed by atoms with Gasteiger partial charge in [0.25, 0.3) is 0 Å². The van der Waals surface area contributed by atoms with Crippen LogP contribution >= 0.6 is 11.6 Å². The van der Waals surface area contributed by atoms with Gasteiger partial charge in [-0.3, -0.25) is 4.79 Å². The van der Waals surface area contributed by atoms with Crippen molar-refractivity contribution in [3.05, 3.63) is 29.3 Å². The van der Waals surface area contributed by atoms with Crippen LogP contribution in [0.3, 0.4) is 0 Å². The largest absolute Gasteiger partial charge is 0.480 e. The summed E-state index contributed by atoms with van der Waals surface area (Å²) in [5.41, 5.74) is 0. The minimum absolute atomic E-state index is 0.0638. The molecule has 4 nitrogen and oxygen atoms in total. The van der Waals surface area contributed by atoms with Crippen molar-refractivity contribution in [2.75, 3.05) is 0 Å². The molecule has 0 aromatic heterocycles. The van der Waals surface area contributed by atoms with Crippen LogP contribution in [0.4, 0.5) is 0 Å². The van der Waals surface area contributed by atoms with E-state index < -0.39 is 27.0 Å². The molecule has 0 bridgehead atoms. The lowest BCUT2D eigenvalue weighted by Gasteiger charge is -2.16. The molecule has 0 aliphatic carbocycles. The molecule has 1 rings (SSSR count). The van der Waals surface area contributed by atoms with Crippen molar-refractivity contribution >= 4 is 27.4 Å². The van der Waals surface area contributed by atoms with Gasteiger partial charge in [-0.15, -0.1) is 0 Å². The highest BCUT2D eigenvalue weighted by Gasteiger charge is 2.36. The van der Waals surface area contributed by atoms with E-state index in [0.29, 0.717) is 0 Å². The molecule has 1 aromatic carbocycles. The summed E-state index contributed by atoms with van der Waals surface area (Å²) >= 11 is 5.70. The van der Waals surface area contributed by atoms with Gasteiger partial charge in [0.2, 0.25) is 0 Å². The summed E-state index contributed by atoms with van der Waals surface area (Å²) in [7, 11) is -3.91. The van der Waals surface area contributed by atoms with Crippen LogP contribution in [0.2, 0.25) is 5.02 Å². The maximum Gasteiger partial charge on any atom is 0.322 e. The molecule has 0 aliphatic rings. The smallest absolute Gasteiger partial charge is 0.322 e. The predicted octanol–water partition coefficient (Wildman–Crippen LogP) is 2.22. The van der Waals surface area contributed by atoms with Crippen LogP contribution in [0.5, 0.6) is 0 Å². The van der Waals surface area contributed by atoms with Crippen LogP contribution in [0.15, 0.2) is 29.2 Å². The molecule has 0 saturated carbocycles. The number of sulfone groups is 1. The average Bonchev–Trinajstić information content (AvgIpc) is 2.15. The first-order valence-corrected chi connectivity index (χ1v) is 6.91. The minimum Gasteiger partial charge on any atom is -0.480 e. The van der Waals surface area contributed by atoms with E-state index in [1.54, 1.807) is 13.8 Å². The predicted molar refractivity (Wildman–Crippen MR) is 64.9 cm³/mol. The molecule has 1 atom stereocenters. The Kier molecular flexibility index (Phi) is 4.16. The second kappa shape index (κ2) is 5.06. The fourth-order valence-electron chi connectivity index (χ4n) is 1.57. The highest BCUT2D eigenvalue weighted by Crippen LogP contribution is 2.24. The lowest BCUT2D eigenvalue weighted by atomic mass is 10.1. The van der Waals surface area contributed by atoms with Crippen molar-refractivity contribution in [3.8, 4) is 0 Å². The lowest BCUT2D eigenvalue weighted by Crippen LogP contribution is -2.34. The number of halogens is 1. The van der Waals surface area contributed by atoms with E-state index in [4.69, 9.17) is 16.7 Å². The highest BCUT2D eigenvalue weighted by atomic mass is 35.5. The average molecular weight is 277 g/mol. The molecule has 0 amide bonds. The number of carboxylic acid groups (broad SMARTS) is 1. The monoisotopic (exact) mass is 276 g/mol. The second-order valence-electron chi connectivity index (χ2n) is 4.01. The molecule has 1 unspecified atom stereocenters. The molecule has 1 N–H and O–H groups in total. The Morgan fingerprint density at radius 3 is 2.35 bits per heavy atom. The first kappa shape index (κ1) is 14.0. The fourth-order valence-corrected chi connectivity index (χ4v) is 3.66. The minimum atomic E-state index is -3.91. The molecule has 0 radical (unpaired) electrons. The number of hydrogen-bond acceptors (Lipinski definition) is 3. The van der Waals surface area contributed by atoms with Crippen molar-refractivity contribution in [1.29, 1.82) is 0 Å². The van der Waals surface area contributed by atoms with Crippen molar-refractivity contribution in [3.63, 3.8) is 0 Å². The van der Waals surface area contributed by atoms with Gasteiger partial charge in [0.15, 0.2) is 15.1 Å². The van der Waals surface area contributed by atoms with Crippen LogP contribution in [-0.2, 0) is 14.6 Å². The van der Waals surface area contributed by atoms with Gasteiger partial charge in [-0.1, -0.05) is 31.5 Å². The van der Waals surface area contributed by atoms with Crippen LogP contribution in [0, 0.1) is 5.92 Å². The first-order valence-electron chi connectivity index (χ1n) is 4.99. The summed E-state index contributed by atoms with van der Waals surface area (Å²) in [4.78, 5) is 11.0. The summed E-state index contributed by atoms with van der Waals surface area (Å²) in [5.74, 6) is -1.86. The molecular weight excluding hydrogens is 264 g/mol. The molecule has 0 heterocycles. The summed E-state index contributed by atoms with van der Waals surface area (Å²) in [6.07, 6.45) is 0. The molecule has 0 aliphatic heterocycles. The molecule has 0 spiro atoms. The van der Waals surface area contributed by atoms with E-state index in [2.05, 4.69) is 0 Å². The quantitative estimate of drug-likeness (QED) is 0.915. The van der Waals surface area contributed by atoms with Crippen molar-refractivity contribution < 1.29 is 18.3 Å². The van der Waals surface area contributed by atoms with E-state index in [1.807, 2.05) is 0 Å². The topological polar surface area (TPSA) is 71.4 Å². The van der Waals surface area contributed by atoms with Gasteiger partial charge in [-0.05, 0) is 24.1 Å². The maximum absolute atomic E-state index is 12.1. The zero-order valence-electron chi connectivity index (χ0n) is 9.42. The standard InChI is InChI=1S/C11H13ClO4S/c1-7(2)10(11(13)14)17(15,16)9-5-3-4-8(12)6-9/h3-7,10H,1-2H3,(H,13,14). The third-order valence-electron chi connectivity index (χ3n) is 2.31. The lowest BCUT2D eigenvalue weighted by molar-refractivity contribution is -0.137. The third kappa shape index (κ3) is 2.98. The SMILES string of the molecule is CC(C)C(C(=O)O)S(=O)(=O)c1cccc(Cl)c1. The number of hydrogen-bond donors (Lipinski definition) is 1. The number of carbonyl (C=O) groups is 1. The van der Waals surface area contributed by atoms with Crippen molar-refractivity contribution in [1.82, 2.24) is 0 Å². The molecule has 6 heteroatoms. The van der Waals surface area contributed by atoms with Gasteiger partial charge in [0.05, 0.1) is 4.90 Å². The van der Waals surface area contributed by atoms with Crippen LogP contribution in [0.1, 0.15) is 13.8 Å². The fraction of sp³-hybridized carbons (Fsp3) is 0.364. The van der Waals surface area contributed by atoms with Gasteiger partial charge in [-0.2, -0.15) is 0 Å². The molecule has 0 fully saturated rings. The van der Waals surface area contributed by atoms with Gasteiger partial charge >= 0.3 is 5.97 Å². The number of rotatable bonds is 4. The van der Waals surface area contributed by atoms with Crippen molar-refractivity contribution in [2.45, 2.75) is 24.0 Å². The number of aliphatic carboxylic acids is 1. The van der Waals surface area contributed by atoms with Crippen LogP contribution < -0.4 is 0 Å². The maximum atomic E-state index is 12.1. The van der Waals surface area contributed by atoms with Crippen LogP contribution in [-0.4, -0.2) is 24.7 Å². The summed E-state index contributed by atoms with van der Waals surface area (Å²) in [5, 5.41) is 7.80. The Bertz CT molecular complexity index is 522. The Labute approximate surface area is 105 Å². The Morgan fingerprint density at radius 1 is 1.35 bits per heavy atom. The van der Waals surface area contributed by atoms with E-state index in [-0.39, 0.29) is 9.92 Å². The zero-order chi connectivity index (χ0) is 13.2.